The number of nitrogens with zero attached hydrogens (tertiary/aromatic N) is 3. The predicted molar refractivity (Wildman–Crippen MR) is 140 cm³/mol. The summed E-state index contributed by atoms with van der Waals surface area (Å²) in [5.74, 6) is -0.860. The molecule has 3 heterocycles. The third kappa shape index (κ3) is 4.54. The van der Waals surface area contributed by atoms with Crippen LogP contribution in [0.5, 0.6) is 0 Å². The number of carbonyl (C=O) groups is 3. The summed E-state index contributed by atoms with van der Waals surface area (Å²) in [6.45, 7) is 1.37. The van der Waals surface area contributed by atoms with Gasteiger partial charge in [-0.3, -0.25) is 19.6 Å². The highest BCUT2D eigenvalue weighted by Gasteiger charge is 2.59. The van der Waals surface area contributed by atoms with Crippen molar-refractivity contribution in [3.63, 3.8) is 0 Å². The van der Waals surface area contributed by atoms with Gasteiger partial charge in [-0.15, -0.1) is 11.6 Å². The van der Waals surface area contributed by atoms with Gasteiger partial charge in [0.1, 0.15) is 5.38 Å². The van der Waals surface area contributed by atoms with Crippen LogP contribution in [0.2, 0.25) is 10.0 Å². The number of ether oxygens (including phenoxy) is 2. The number of hydrogen-bond donors (Lipinski definition) is 0. The van der Waals surface area contributed by atoms with Gasteiger partial charge < -0.3 is 14.4 Å². The first-order valence-electron chi connectivity index (χ1n) is 11.9. The number of esters is 1. The number of anilines is 1. The van der Waals surface area contributed by atoms with E-state index in [1.54, 1.807) is 4.90 Å². The van der Waals surface area contributed by atoms with Crippen LogP contribution in [0.25, 0.3) is 0 Å². The lowest BCUT2D eigenvalue weighted by molar-refractivity contribution is -0.142. The molecule has 3 aliphatic rings. The standard InChI is InChI=1S/C26H24Cl3N3O5/c1-36-25(35)18(31-22-21(29)23(33)26(22)5-8-37-9-6-26)11-14-2-3-19-15(10-14)4-7-32(19)24(34)20-16(27)12-30-13-17(20)28/h2-3,10,12-13,18,21H,4-9,11H2,1H3. The molecule has 1 saturated heterocycles. The molecule has 0 N–H and O–H groups in total. The molecule has 5 rings (SSSR count). The van der Waals surface area contributed by atoms with E-state index >= 15 is 0 Å². The Balaban J connectivity index is 1.39. The van der Waals surface area contributed by atoms with Crippen molar-refractivity contribution >= 4 is 63.9 Å². The molecular formula is C26H24Cl3N3O5. The summed E-state index contributed by atoms with van der Waals surface area (Å²) in [4.78, 5) is 48.8. The number of methoxy groups -OCH3 is 1. The van der Waals surface area contributed by atoms with Gasteiger partial charge in [-0.05, 0) is 36.5 Å². The van der Waals surface area contributed by atoms with Crippen LogP contribution in [-0.4, -0.2) is 66.6 Å². The molecule has 1 amide bonds. The van der Waals surface area contributed by atoms with Crippen LogP contribution in [0.15, 0.2) is 35.6 Å². The molecule has 11 heteroatoms. The summed E-state index contributed by atoms with van der Waals surface area (Å²) in [6.07, 6.45) is 4.70. The van der Waals surface area contributed by atoms with Gasteiger partial charge in [0, 0.05) is 44.3 Å². The minimum Gasteiger partial charge on any atom is -0.467 e. The van der Waals surface area contributed by atoms with E-state index in [1.165, 1.54) is 19.5 Å². The molecule has 1 saturated carbocycles. The summed E-state index contributed by atoms with van der Waals surface area (Å²) in [6, 6.07) is 4.81. The molecule has 2 aromatic rings. The SMILES string of the molecule is COC(=O)C(Cc1ccc2c(c1)CCN2C(=O)c1c(Cl)cncc1Cl)N=C1C(Cl)C(=O)C12CCOCC2. The van der Waals surface area contributed by atoms with E-state index in [0.717, 1.165) is 16.8 Å². The number of pyridine rings is 1. The summed E-state index contributed by atoms with van der Waals surface area (Å²) in [5, 5.41) is -0.453. The van der Waals surface area contributed by atoms with Gasteiger partial charge in [-0.2, -0.15) is 0 Å². The first-order valence-corrected chi connectivity index (χ1v) is 13.1. The lowest BCUT2D eigenvalue weighted by Gasteiger charge is -2.47. The third-order valence-electron chi connectivity index (χ3n) is 7.33. The number of fused-ring (bicyclic) bond motifs is 1. The van der Waals surface area contributed by atoms with Crippen LogP contribution in [0, 0.1) is 5.41 Å². The molecule has 0 radical (unpaired) electrons. The van der Waals surface area contributed by atoms with Crippen molar-refractivity contribution < 1.29 is 23.9 Å². The Hall–Kier alpha value is -2.52. The number of alkyl halides is 1. The Bertz CT molecular complexity index is 1290. The number of Topliss-reactive ketones (excluding diaryl/α,β-unsaturated/α-hetero) is 1. The number of halogens is 3. The number of benzene rings is 1. The second-order valence-electron chi connectivity index (χ2n) is 9.33. The first kappa shape index (κ1) is 26.1. The van der Waals surface area contributed by atoms with Crippen LogP contribution in [0.4, 0.5) is 5.69 Å². The number of rotatable bonds is 5. The van der Waals surface area contributed by atoms with Crippen molar-refractivity contribution in [2.75, 3.05) is 31.8 Å². The fourth-order valence-electron chi connectivity index (χ4n) is 5.32. The molecule has 8 nitrogen and oxygen atoms in total. The highest BCUT2D eigenvalue weighted by molar-refractivity contribution is 6.54. The zero-order chi connectivity index (χ0) is 26.3. The minimum atomic E-state index is -0.847. The molecule has 1 aliphatic carbocycles. The molecule has 0 bridgehead atoms. The molecule has 1 aromatic carbocycles. The number of aromatic nitrogens is 1. The lowest BCUT2D eigenvalue weighted by atomic mass is 9.60. The van der Waals surface area contributed by atoms with Crippen molar-refractivity contribution in [1.29, 1.82) is 0 Å². The van der Waals surface area contributed by atoms with E-state index in [0.29, 0.717) is 44.7 Å². The van der Waals surface area contributed by atoms with E-state index < -0.39 is 22.8 Å². The van der Waals surface area contributed by atoms with Crippen LogP contribution >= 0.6 is 34.8 Å². The van der Waals surface area contributed by atoms with Gasteiger partial charge in [0.15, 0.2) is 11.8 Å². The number of amides is 1. The lowest BCUT2D eigenvalue weighted by Crippen LogP contribution is -2.62. The van der Waals surface area contributed by atoms with E-state index in [-0.39, 0.29) is 33.7 Å². The second-order valence-corrected chi connectivity index (χ2v) is 10.6. The molecule has 2 aliphatic heterocycles. The van der Waals surface area contributed by atoms with Crippen LogP contribution < -0.4 is 4.90 Å². The van der Waals surface area contributed by atoms with E-state index in [2.05, 4.69) is 9.98 Å². The largest absolute Gasteiger partial charge is 0.467 e. The Morgan fingerprint density at radius 3 is 2.62 bits per heavy atom. The van der Waals surface area contributed by atoms with Gasteiger partial charge >= 0.3 is 5.97 Å². The third-order valence-corrected chi connectivity index (χ3v) is 8.31. The number of carbonyl (C=O) groups excluding carboxylic acids is 3. The van der Waals surface area contributed by atoms with Crippen molar-refractivity contribution in [3.05, 3.63) is 57.3 Å². The van der Waals surface area contributed by atoms with Gasteiger partial charge in [-0.25, -0.2) is 4.79 Å². The minimum absolute atomic E-state index is 0.0588. The average molecular weight is 565 g/mol. The number of aliphatic imine (C=N–C) groups is 1. The van der Waals surface area contributed by atoms with Crippen LogP contribution in [0.1, 0.15) is 34.3 Å². The average Bonchev–Trinajstić information content (AvgIpc) is 3.33. The van der Waals surface area contributed by atoms with Crippen molar-refractivity contribution in [2.24, 2.45) is 10.4 Å². The molecule has 2 unspecified atom stereocenters. The molecule has 1 aromatic heterocycles. The Morgan fingerprint density at radius 2 is 1.95 bits per heavy atom. The van der Waals surface area contributed by atoms with Crippen LogP contribution in [-0.2, 0) is 31.9 Å². The van der Waals surface area contributed by atoms with E-state index in [1.807, 2.05) is 18.2 Å². The Morgan fingerprint density at radius 1 is 1.24 bits per heavy atom. The Labute approximate surface area is 228 Å². The van der Waals surface area contributed by atoms with Crippen molar-refractivity contribution in [1.82, 2.24) is 4.98 Å². The maximum absolute atomic E-state index is 13.2. The molecule has 194 valence electrons. The topological polar surface area (TPSA) is 98.2 Å². The monoisotopic (exact) mass is 563 g/mol. The highest BCUT2D eigenvalue weighted by atomic mass is 35.5. The number of hydrogen-bond acceptors (Lipinski definition) is 7. The highest BCUT2D eigenvalue weighted by Crippen LogP contribution is 2.46. The number of ketones is 1. The predicted octanol–water partition coefficient (Wildman–Crippen LogP) is 4.10. The molecule has 1 spiro atoms. The molecule has 2 atom stereocenters. The zero-order valence-corrected chi connectivity index (χ0v) is 22.3. The fourth-order valence-corrected chi connectivity index (χ4v) is 6.32. The van der Waals surface area contributed by atoms with E-state index in [9.17, 15) is 14.4 Å². The van der Waals surface area contributed by atoms with Gasteiger partial charge in [0.25, 0.3) is 5.91 Å². The first-order chi connectivity index (χ1) is 17.8. The van der Waals surface area contributed by atoms with Crippen molar-refractivity contribution in [3.8, 4) is 0 Å². The quantitative estimate of drug-likeness (QED) is 0.401. The van der Waals surface area contributed by atoms with E-state index in [4.69, 9.17) is 44.3 Å². The molecule has 2 fully saturated rings. The smallest absolute Gasteiger partial charge is 0.330 e. The van der Waals surface area contributed by atoms with Gasteiger partial charge in [0.05, 0.1) is 33.8 Å². The molecular weight excluding hydrogens is 541 g/mol. The summed E-state index contributed by atoms with van der Waals surface area (Å²) in [7, 11) is 1.31. The fraction of sp³-hybridized carbons (Fsp3) is 0.423. The Kier molecular flexibility index (Phi) is 7.29. The summed E-state index contributed by atoms with van der Waals surface area (Å²) >= 11 is 18.7. The maximum Gasteiger partial charge on any atom is 0.330 e. The normalized spacial score (nSPS) is 22.1. The van der Waals surface area contributed by atoms with Crippen LogP contribution in [0.3, 0.4) is 0 Å². The summed E-state index contributed by atoms with van der Waals surface area (Å²) in [5.41, 5.74) is 2.58. The summed E-state index contributed by atoms with van der Waals surface area (Å²) < 4.78 is 10.4. The second kappa shape index (κ2) is 10.3. The van der Waals surface area contributed by atoms with Gasteiger partial charge in [0.2, 0.25) is 0 Å². The maximum atomic E-state index is 13.2. The zero-order valence-electron chi connectivity index (χ0n) is 20.0. The van der Waals surface area contributed by atoms with Crippen molar-refractivity contribution in [2.45, 2.75) is 37.1 Å². The molecule has 37 heavy (non-hydrogen) atoms. The van der Waals surface area contributed by atoms with Gasteiger partial charge in [-0.1, -0.05) is 35.3 Å².